The van der Waals surface area contributed by atoms with Gasteiger partial charge in [-0.15, -0.1) is 0 Å². The first kappa shape index (κ1) is 16.8. The number of aromatic nitrogens is 2. The zero-order chi connectivity index (χ0) is 17.9. The molecular weight excluding hydrogens is 354 g/mol. The Morgan fingerprint density at radius 3 is 2.96 bits per heavy atom. The summed E-state index contributed by atoms with van der Waals surface area (Å²) in [5.74, 6) is 1.34. The zero-order valence-corrected chi connectivity index (χ0v) is 14.9. The minimum absolute atomic E-state index is 0.182. The molecule has 1 fully saturated rings. The summed E-state index contributed by atoms with van der Waals surface area (Å²) >= 11 is 6.22. The van der Waals surface area contributed by atoms with E-state index in [1.54, 1.807) is 11.1 Å². The smallest absolute Gasteiger partial charge is 0.291 e. The quantitative estimate of drug-likeness (QED) is 0.684. The molecule has 1 amide bonds. The molecule has 3 aromatic rings. The number of halogens is 1. The summed E-state index contributed by atoms with van der Waals surface area (Å²) in [6.07, 6.45) is 7.76. The van der Waals surface area contributed by atoms with E-state index < -0.39 is 0 Å². The van der Waals surface area contributed by atoms with Crippen LogP contribution in [0.1, 0.15) is 53.1 Å². The van der Waals surface area contributed by atoms with Crippen LogP contribution in [-0.2, 0) is 6.42 Å². The van der Waals surface area contributed by atoms with Crippen LogP contribution in [-0.4, -0.2) is 27.3 Å². The van der Waals surface area contributed by atoms with Gasteiger partial charge in [0, 0.05) is 18.0 Å². The summed E-state index contributed by atoms with van der Waals surface area (Å²) in [5, 5.41) is 0.699. The van der Waals surface area contributed by atoms with Gasteiger partial charge in [-0.3, -0.25) is 4.79 Å². The van der Waals surface area contributed by atoms with E-state index >= 15 is 0 Å². The van der Waals surface area contributed by atoms with E-state index in [2.05, 4.69) is 9.97 Å². The van der Waals surface area contributed by atoms with Crippen LogP contribution in [0.2, 0.25) is 5.02 Å². The van der Waals surface area contributed by atoms with Crippen LogP contribution >= 0.6 is 11.6 Å². The highest BCUT2D eigenvalue weighted by Gasteiger charge is 2.33. The molecule has 7 heteroatoms. The molecule has 1 unspecified atom stereocenters. The summed E-state index contributed by atoms with van der Waals surface area (Å²) in [6.45, 7) is 0.645. The molecule has 1 aromatic carbocycles. The number of hydrogen-bond donors (Lipinski definition) is 0. The van der Waals surface area contributed by atoms with E-state index in [1.807, 2.05) is 24.3 Å². The molecule has 3 heterocycles. The summed E-state index contributed by atoms with van der Waals surface area (Å²) < 4.78 is 11.1. The van der Waals surface area contributed by atoms with Gasteiger partial charge < -0.3 is 13.7 Å². The number of hydrogen-bond acceptors (Lipinski definition) is 5. The molecule has 2 aromatic heterocycles. The lowest BCUT2D eigenvalue weighted by Gasteiger charge is -2.33. The van der Waals surface area contributed by atoms with E-state index in [0.717, 1.165) is 30.6 Å². The van der Waals surface area contributed by atoms with E-state index in [4.69, 9.17) is 20.4 Å². The molecule has 26 heavy (non-hydrogen) atoms. The number of benzene rings is 1. The third kappa shape index (κ3) is 3.37. The normalized spacial score (nSPS) is 17.4. The maximum atomic E-state index is 12.7. The van der Waals surface area contributed by atoms with Crippen LogP contribution < -0.4 is 0 Å². The minimum atomic E-state index is -0.193. The SMILES string of the molecule is O=C(c1cnco1)N1CCCCC1c1ncc(Cc2ccccc2Cl)o1. The third-order valence-corrected chi connectivity index (χ3v) is 4.95. The summed E-state index contributed by atoms with van der Waals surface area (Å²) in [4.78, 5) is 22.7. The fourth-order valence-electron chi connectivity index (χ4n) is 3.28. The lowest BCUT2D eigenvalue weighted by Crippen LogP contribution is -2.38. The predicted octanol–water partition coefficient (Wildman–Crippen LogP) is 4.27. The van der Waals surface area contributed by atoms with Gasteiger partial charge in [0.15, 0.2) is 6.39 Å². The molecule has 134 valence electrons. The van der Waals surface area contributed by atoms with Gasteiger partial charge in [-0.2, -0.15) is 0 Å². The Hall–Kier alpha value is -2.60. The molecule has 1 aliphatic rings. The van der Waals surface area contributed by atoms with Crippen molar-refractivity contribution in [3.63, 3.8) is 0 Å². The monoisotopic (exact) mass is 371 g/mol. The number of carbonyl (C=O) groups excluding carboxylic acids is 1. The highest BCUT2D eigenvalue weighted by Crippen LogP contribution is 2.32. The van der Waals surface area contributed by atoms with Crippen molar-refractivity contribution in [2.45, 2.75) is 31.7 Å². The van der Waals surface area contributed by atoms with Crippen molar-refractivity contribution in [3.8, 4) is 0 Å². The minimum Gasteiger partial charge on any atom is -0.443 e. The first-order valence-corrected chi connectivity index (χ1v) is 8.97. The van der Waals surface area contributed by atoms with Crippen molar-refractivity contribution < 1.29 is 13.6 Å². The van der Waals surface area contributed by atoms with Crippen LogP contribution in [0.3, 0.4) is 0 Å². The van der Waals surface area contributed by atoms with Gasteiger partial charge in [0.2, 0.25) is 11.7 Å². The van der Waals surface area contributed by atoms with E-state index in [9.17, 15) is 4.79 Å². The first-order valence-electron chi connectivity index (χ1n) is 8.60. The molecule has 0 radical (unpaired) electrons. The molecule has 4 rings (SSSR count). The second-order valence-electron chi connectivity index (χ2n) is 6.31. The van der Waals surface area contributed by atoms with E-state index in [-0.39, 0.29) is 17.7 Å². The van der Waals surface area contributed by atoms with Crippen LogP contribution in [0, 0.1) is 0 Å². The number of piperidine rings is 1. The summed E-state index contributed by atoms with van der Waals surface area (Å²) in [5.41, 5.74) is 0.982. The molecular formula is C19H18ClN3O3. The Balaban J connectivity index is 1.55. The van der Waals surface area contributed by atoms with E-state index in [0.29, 0.717) is 23.9 Å². The first-order chi connectivity index (χ1) is 12.7. The van der Waals surface area contributed by atoms with Gasteiger partial charge >= 0.3 is 0 Å². The van der Waals surface area contributed by atoms with E-state index in [1.165, 1.54) is 12.6 Å². The Labute approximate surface area is 155 Å². The number of nitrogens with zero attached hydrogens (tertiary/aromatic N) is 3. The Morgan fingerprint density at radius 1 is 1.27 bits per heavy atom. The van der Waals surface area contributed by atoms with Gasteiger partial charge in [-0.25, -0.2) is 9.97 Å². The number of amides is 1. The molecule has 6 nitrogen and oxygen atoms in total. The van der Waals surface area contributed by atoms with Crippen molar-refractivity contribution in [3.05, 3.63) is 71.1 Å². The standard InChI is InChI=1S/C19H18ClN3O3/c20-15-6-2-1-5-13(15)9-14-10-22-18(26-14)16-7-3-4-8-23(16)19(24)17-11-21-12-25-17/h1-2,5-6,10-12,16H,3-4,7-9H2. The van der Waals surface area contributed by atoms with Gasteiger partial charge in [-0.05, 0) is 30.9 Å². The van der Waals surface area contributed by atoms with Gasteiger partial charge in [0.1, 0.15) is 11.8 Å². The largest absolute Gasteiger partial charge is 0.443 e. The number of oxazole rings is 2. The Kier molecular flexibility index (Phi) is 4.75. The van der Waals surface area contributed by atoms with Crippen LogP contribution in [0.5, 0.6) is 0 Å². The lowest BCUT2D eigenvalue weighted by molar-refractivity contribution is 0.0538. The van der Waals surface area contributed by atoms with Crippen molar-refractivity contribution in [1.82, 2.24) is 14.9 Å². The molecule has 0 N–H and O–H groups in total. The summed E-state index contributed by atoms with van der Waals surface area (Å²) in [7, 11) is 0. The van der Waals surface area contributed by atoms with Crippen molar-refractivity contribution in [2.24, 2.45) is 0 Å². The van der Waals surface area contributed by atoms with Crippen molar-refractivity contribution in [2.75, 3.05) is 6.54 Å². The van der Waals surface area contributed by atoms with Crippen molar-refractivity contribution in [1.29, 1.82) is 0 Å². The topological polar surface area (TPSA) is 72.4 Å². The molecule has 0 bridgehead atoms. The number of rotatable bonds is 4. The molecule has 0 spiro atoms. The summed E-state index contributed by atoms with van der Waals surface area (Å²) in [6, 6.07) is 7.46. The Bertz CT molecular complexity index is 891. The second kappa shape index (κ2) is 7.33. The van der Waals surface area contributed by atoms with Gasteiger partial charge in [0.25, 0.3) is 5.91 Å². The molecule has 0 saturated carbocycles. The second-order valence-corrected chi connectivity index (χ2v) is 6.72. The van der Waals surface area contributed by atoms with Crippen molar-refractivity contribution >= 4 is 17.5 Å². The fraction of sp³-hybridized carbons (Fsp3) is 0.316. The van der Waals surface area contributed by atoms with Crippen LogP contribution in [0.4, 0.5) is 0 Å². The molecule has 1 aliphatic heterocycles. The zero-order valence-electron chi connectivity index (χ0n) is 14.1. The third-order valence-electron chi connectivity index (χ3n) is 4.59. The van der Waals surface area contributed by atoms with Gasteiger partial charge in [-0.1, -0.05) is 29.8 Å². The molecule has 0 aliphatic carbocycles. The maximum absolute atomic E-state index is 12.7. The molecule has 1 saturated heterocycles. The average Bonchev–Trinajstić information content (AvgIpc) is 3.35. The molecule has 1 atom stereocenters. The number of carbonyl (C=O) groups is 1. The highest BCUT2D eigenvalue weighted by molar-refractivity contribution is 6.31. The van der Waals surface area contributed by atoms with Gasteiger partial charge in [0.05, 0.1) is 12.4 Å². The van der Waals surface area contributed by atoms with Crippen LogP contribution in [0.15, 0.2) is 51.9 Å². The predicted molar refractivity (Wildman–Crippen MR) is 94.9 cm³/mol. The maximum Gasteiger partial charge on any atom is 0.291 e. The average molecular weight is 372 g/mol. The van der Waals surface area contributed by atoms with Crippen LogP contribution in [0.25, 0.3) is 0 Å². The number of likely N-dealkylation sites (tertiary alicyclic amines) is 1. The fourth-order valence-corrected chi connectivity index (χ4v) is 3.48. The lowest BCUT2D eigenvalue weighted by atomic mass is 10.0. The highest BCUT2D eigenvalue weighted by atomic mass is 35.5. The Morgan fingerprint density at radius 2 is 2.15 bits per heavy atom.